The van der Waals surface area contributed by atoms with E-state index in [4.69, 9.17) is 12.2 Å². The quantitative estimate of drug-likeness (QED) is 0.852. The lowest BCUT2D eigenvalue weighted by Crippen LogP contribution is -2.31. The maximum absolute atomic E-state index is 5.09. The summed E-state index contributed by atoms with van der Waals surface area (Å²) in [6, 6.07) is 8.76. The Morgan fingerprint density at radius 1 is 1.32 bits per heavy atom. The van der Waals surface area contributed by atoms with Crippen molar-refractivity contribution in [1.29, 1.82) is 0 Å². The normalized spacial score (nSPS) is 15.2. The molecule has 0 fully saturated rings. The number of nitrogens with one attached hydrogen (secondary N) is 1. The van der Waals surface area contributed by atoms with Crippen molar-refractivity contribution >= 4 is 12.2 Å². The number of aryl methyl sites for hydroxylation is 1. The van der Waals surface area contributed by atoms with Gasteiger partial charge in [0.15, 0.2) is 4.77 Å². The third kappa shape index (κ3) is 2.91. The van der Waals surface area contributed by atoms with Gasteiger partial charge in [-0.15, -0.1) is 0 Å². The molecule has 1 aromatic heterocycles. The Balaban J connectivity index is 1.75. The van der Waals surface area contributed by atoms with E-state index in [-0.39, 0.29) is 0 Å². The molecule has 19 heavy (non-hydrogen) atoms. The third-order valence-electron chi connectivity index (χ3n) is 3.59. The Bertz CT molecular complexity index is 631. The summed E-state index contributed by atoms with van der Waals surface area (Å²) in [4.78, 5) is 9.81. The molecule has 0 atom stereocenters. The fourth-order valence-corrected chi connectivity index (χ4v) is 2.66. The second-order valence-corrected chi connectivity index (χ2v) is 5.53. The maximum Gasteiger partial charge on any atom is 0.196 e. The molecule has 1 aliphatic heterocycles. The molecule has 98 valence electrons. The standard InChI is InChI=1S/C15H17N3S/c1-11-2-4-12(5-3-11)9-18-7-6-13-8-16-15(19)17-14(13)10-18/h2-5,8H,6-7,9-10H2,1H3,(H,16,17,19). The zero-order valence-electron chi connectivity index (χ0n) is 11.0. The third-order valence-corrected chi connectivity index (χ3v) is 3.80. The molecule has 4 heteroatoms. The van der Waals surface area contributed by atoms with Gasteiger partial charge < -0.3 is 4.98 Å². The monoisotopic (exact) mass is 271 g/mol. The Morgan fingerprint density at radius 2 is 2.11 bits per heavy atom. The number of benzene rings is 1. The molecule has 0 spiro atoms. The van der Waals surface area contributed by atoms with Crippen molar-refractivity contribution in [2.75, 3.05) is 6.54 Å². The van der Waals surface area contributed by atoms with E-state index in [1.807, 2.05) is 6.20 Å². The largest absolute Gasteiger partial charge is 0.333 e. The summed E-state index contributed by atoms with van der Waals surface area (Å²) in [5, 5.41) is 0. The van der Waals surface area contributed by atoms with Crippen molar-refractivity contribution in [2.24, 2.45) is 0 Å². The molecule has 1 N–H and O–H groups in total. The van der Waals surface area contributed by atoms with Gasteiger partial charge in [0.05, 0.1) is 0 Å². The molecular formula is C15H17N3S. The first-order chi connectivity index (χ1) is 9.20. The molecule has 0 amide bonds. The van der Waals surface area contributed by atoms with E-state index in [9.17, 15) is 0 Å². The summed E-state index contributed by atoms with van der Waals surface area (Å²) in [6.45, 7) is 5.11. The van der Waals surface area contributed by atoms with Crippen LogP contribution in [-0.4, -0.2) is 21.4 Å². The average molecular weight is 271 g/mol. The van der Waals surface area contributed by atoms with Crippen LogP contribution in [0.15, 0.2) is 30.5 Å². The number of hydrogen-bond acceptors (Lipinski definition) is 3. The highest BCUT2D eigenvalue weighted by Gasteiger charge is 2.16. The molecule has 2 heterocycles. The fourth-order valence-electron chi connectivity index (χ4n) is 2.48. The average Bonchev–Trinajstić information content (AvgIpc) is 2.41. The highest BCUT2D eigenvalue weighted by molar-refractivity contribution is 7.71. The number of aromatic amines is 1. The van der Waals surface area contributed by atoms with Crippen LogP contribution in [0, 0.1) is 11.7 Å². The Hall–Kier alpha value is -1.52. The number of rotatable bonds is 2. The van der Waals surface area contributed by atoms with Crippen molar-refractivity contribution in [3.05, 3.63) is 57.6 Å². The van der Waals surface area contributed by atoms with Crippen LogP contribution in [0.4, 0.5) is 0 Å². The molecular weight excluding hydrogens is 254 g/mol. The Morgan fingerprint density at radius 3 is 2.89 bits per heavy atom. The molecule has 0 bridgehead atoms. The molecule has 1 aromatic carbocycles. The predicted octanol–water partition coefficient (Wildman–Crippen LogP) is 3.01. The zero-order valence-corrected chi connectivity index (χ0v) is 11.8. The first-order valence-electron chi connectivity index (χ1n) is 6.56. The molecule has 0 unspecified atom stereocenters. The molecule has 2 aromatic rings. The summed E-state index contributed by atoms with van der Waals surface area (Å²) in [5.74, 6) is 0. The molecule has 0 saturated heterocycles. The van der Waals surface area contributed by atoms with E-state index < -0.39 is 0 Å². The van der Waals surface area contributed by atoms with Gasteiger partial charge in [-0.2, -0.15) is 0 Å². The van der Waals surface area contributed by atoms with E-state index in [2.05, 4.69) is 46.1 Å². The van der Waals surface area contributed by atoms with Gasteiger partial charge in [-0.3, -0.25) is 4.90 Å². The minimum atomic E-state index is 0.580. The summed E-state index contributed by atoms with van der Waals surface area (Å²) < 4.78 is 0.580. The minimum Gasteiger partial charge on any atom is -0.333 e. The van der Waals surface area contributed by atoms with Crippen LogP contribution >= 0.6 is 12.2 Å². The molecule has 0 aliphatic carbocycles. The van der Waals surface area contributed by atoms with E-state index in [1.165, 1.54) is 22.4 Å². The first kappa shape index (κ1) is 12.5. The van der Waals surface area contributed by atoms with Crippen LogP contribution in [0.5, 0.6) is 0 Å². The number of fused-ring (bicyclic) bond motifs is 1. The zero-order chi connectivity index (χ0) is 13.2. The number of hydrogen-bond donors (Lipinski definition) is 1. The van der Waals surface area contributed by atoms with Crippen molar-refractivity contribution in [2.45, 2.75) is 26.4 Å². The van der Waals surface area contributed by atoms with Gasteiger partial charge in [-0.25, -0.2) is 4.98 Å². The van der Waals surface area contributed by atoms with Gasteiger partial charge >= 0.3 is 0 Å². The van der Waals surface area contributed by atoms with Crippen molar-refractivity contribution in [3.63, 3.8) is 0 Å². The van der Waals surface area contributed by atoms with Crippen LogP contribution in [0.3, 0.4) is 0 Å². The molecule has 3 nitrogen and oxygen atoms in total. The molecule has 1 aliphatic rings. The van der Waals surface area contributed by atoms with E-state index in [0.29, 0.717) is 4.77 Å². The molecule has 3 rings (SSSR count). The van der Waals surface area contributed by atoms with Crippen molar-refractivity contribution in [3.8, 4) is 0 Å². The van der Waals surface area contributed by atoms with Gasteiger partial charge in [0, 0.05) is 31.5 Å². The van der Waals surface area contributed by atoms with Gasteiger partial charge in [-0.05, 0) is 36.7 Å². The SMILES string of the molecule is Cc1ccc(CN2CCc3cnc(=S)[nH]c3C2)cc1. The Labute approximate surface area is 118 Å². The molecule has 0 saturated carbocycles. The Kier molecular flexibility index (Phi) is 3.44. The lowest BCUT2D eigenvalue weighted by Gasteiger charge is -2.28. The van der Waals surface area contributed by atoms with E-state index in [0.717, 1.165) is 26.1 Å². The summed E-state index contributed by atoms with van der Waals surface area (Å²) >= 11 is 5.09. The van der Waals surface area contributed by atoms with Crippen LogP contribution in [-0.2, 0) is 19.5 Å². The second kappa shape index (κ2) is 5.23. The summed E-state index contributed by atoms with van der Waals surface area (Å²) in [7, 11) is 0. The number of H-pyrrole nitrogens is 1. The smallest absolute Gasteiger partial charge is 0.196 e. The van der Waals surface area contributed by atoms with Crippen LogP contribution in [0.1, 0.15) is 22.4 Å². The van der Waals surface area contributed by atoms with Crippen molar-refractivity contribution in [1.82, 2.24) is 14.9 Å². The lowest BCUT2D eigenvalue weighted by atomic mass is 10.1. The van der Waals surface area contributed by atoms with Gasteiger partial charge in [0.25, 0.3) is 0 Å². The first-order valence-corrected chi connectivity index (χ1v) is 6.96. The highest BCUT2D eigenvalue weighted by Crippen LogP contribution is 2.18. The highest BCUT2D eigenvalue weighted by atomic mass is 32.1. The number of nitrogens with zero attached hydrogens (tertiary/aromatic N) is 2. The van der Waals surface area contributed by atoms with Crippen LogP contribution in [0.25, 0.3) is 0 Å². The predicted molar refractivity (Wildman–Crippen MR) is 78.4 cm³/mol. The van der Waals surface area contributed by atoms with E-state index in [1.54, 1.807) is 0 Å². The van der Waals surface area contributed by atoms with Crippen LogP contribution in [0.2, 0.25) is 0 Å². The summed E-state index contributed by atoms with van der Waals surface area (Å²) in [6.07, 6.45) is 2.96. The number of aromatic nitrogens is 2. The topological polar surface area (TPSA) is 31.9 Å². The maximum atomic E-state index is 5.09. The van der Waals surface area contributed by atoms with Crippen molar-refractivity contribution < 1.29 is 0 Å². The van der Waals surface area contributed by atoms with Gasteiger partial charge in [-0.1, -0.05) is 29.8 Å². The van der Waals surface area contributed by atoms with E-state index >= 15 is 0 Å². The second-order valence-electron chi connectivity index (χ2n) is 5.14. The van der Waals surface area contributed by atoms with Gasteiger partial charge in [0.1, 0.15) is 0 Å². The fraction of sp³-hybridized carbons (Fsp3) is 0.333. The summed E-state index contributed by atoms with van der Waals surface area (Å²) in [5.41, 5.74) is 5.19. The molecule has 0 radical (unpaired) electrons. The van der Waals surface area contributed by atoms with Crippen LogP contribution < -0.4 is 0 Å². The minimum absolute atomic E-state index is 0.580. The lowest BCUT2D eigenvalue weighted by molar-refractivity contribution is 0.241. The van der Waals surface area contributed by atoms with Gasteiger partial charge in [0.2, 0.25) is 0 Å².